The lowest BCUT2D eigenvalue weighted by Crippen LogP contribution is -2.52. The highest BCUT2D eigenvalue weighted by Gasteiger charge is 2.32. The minimum atomic E-state index is 0.317. The van der Waals surface area contributed by atoms with Crippen molar-refractivity contribution in [2.45, 2.75) is 25.0 Å². The zero-order chi connectivity index (χ0) is 11.0. The molecule has 1 aliphatic carbocycles. The van der Waals surface area contributed by atoms with Crippen LogP contribution in [-0.4, -0.2) is 32.4 Å². The first kappa shape index (κ1) is 10.1. The standard InChI is InChI=1S/C13H17NO2/c1-15-12-4-2-3-9-7-11-13(8-10(9)12)16-6-5-14-11/h2-4,11,13-14H,5-8H2,1H3/t11?,13-/m1/s1. The highest BCUT2D eigenvalue weighted by atomic mass is 16.5. The van der Waals surface area contributed by atoms with E-state index in [1.54, 1.807) is 7.11 Å². The fraction of sp³-hybridized carbons (Fsp3) is 0.538. The smallest absolute Gasteiger partial charge is 0.122 e. The number of benzene rings is 1. The monoisotopic (exact) mass is 219 g/mol. The van der Waals surface area contributed by atoms with Gasteiger partial charge in [-0.05, 0) is 23.6 Å². The van der Waals surface area contributed by atoms with E-state index < -0.39 is 0 Å². The number of rotatable bonds is 1. The molecule has 1 aromatic rings. The predicted molar refractivity (Wildman–Crippen MR) is 61.9 cm³/mol. The van der Waals surface area contributed by atoms with Crippen molar-refractivity contribution in [1.82, 2.24) is 5.32 Å². The van der Waals surface area contributed by atoms with Gasteiger partial charge in [-0.1, -0.05) is 12.1 Å². The Balaban J connectivity index is 1.95. The Morgan fingerprint density at radius 2 is 2.31 bits per heavy atom. The fourth-order valence-corrected chi connectivity index (χ4v) is 2.77. The molecule has 0 saturated carbocycles. The summed E-state index contributed by atoms with van der Waals surface area (Å²) in [5, 5.41) is 3.53. The van der Waals surface area contributed by atoms with E-state index in [4.69, 9.17) is 9.47 Å². The number of methoxy groups -OCH3 is 1. The van der Waals surface area contributed by atoms with E-state index in [9.17, 15) is 0 Å². The first-order chi connectivity index (χ1) is 7.88. The summed E-state index contributed by atoms with van der Waals surface area (Å²) in [5.74, 6) is 1.00. The third-order valence-electron chi connectivity index (χ3n) is 3.58. The van der Waals surface area contributed by atoms with Crippen molar-refractivity contribution in [3.63, 3.8) is 0 Å². The van der Waals surface area contributed by atoms with E-state index in [-0.39, 0.29) is 0 Å². The van der Waals surface area contributed by atoms with Crippen molar-refractivity contribution in [1.29, 1.82) is 0 Å². The summed E-state index contributed by atoms with van der Waals surface area (Å²) in [4.78, 5) is 0. The highest BCUT2D eigenvalue weighted by molar-refractivity contribution is 5.43. The van der Waals surface area contributed by atoms with Crippen LogP contribution in [0.5, 0.6) is 5.75 Å². The molecule has 86 valence electrons. The molecule has 0 spiro atoms. The number of hydrogen-bond donors (Lipinski definition) is 1. The minimum Gasteiger partial charge on any atom is -0.496 e. The molecule has 1 aromatic carbocycles. The molecule has 3 rings (SSSR count). The maximum Gasteiger partial charge on any atom is 0.122 e. The maximum atomic E-state index is 5.82. The molecule has 1 aliphatic heterocycles. The third-order valence-corrected chi connectivity index (χ3v) is 3.58. The van der Waals surface area contributed by atoms with E-state index in [1.807, 2.05) is 6.07 Å². The molecular formula is C13H17NO2. The summed E-state index contributed by atoms with van der Waals surface area (Å²) in [5.41, 5.74) is 2.73. The molecule has 0 radical (unpaired) electrons. The molecular weight excluding hydrogens is 202 g/mol. The molecule has 1 fully saturated rings. The fourth-order valence-electron chi connectivity index (χ4n) is 2.77. The third kappa shape index (κ3) is 1.60. The molecule has 2 atom stereocenters. The predicted octanol–water partition coefficient (Wildman–Crippen LogP) is 1.15. The van der Waals surface area contributed by atoms with Gasteiger partial charge in [-0.3, -0.25) is 0 Å². The maximum absolute atomic E-state index is 5.82. The summed E-state index contributed by atoms with van der Waals surface area (Å²) in [6.07, 6.45) is 2.34. The average Bonchev–Trinajstić information content (AvgIpc) is 2.35. The molecule has 2 aliphatic rings. The second kappa shape index (κ2) is 4.07. The topological polar surface area (TPSA) is 30.5 Å². The van der Waals surface area contributed by atoms with Crippen LogP contribution in [-0.2, 0) is 17.6 Å². The molecule has 0 aromatic heterocycles. The van der Waals surface area contributed by atoms with Crippen LogP contribution in [0.2, 0.25) is 0 Å². The van der Waals surface area contributed by atoms with Gasteiger partial charge >= 0.3 is 0 Å². The van der Waals surface area contributed by atoms with Crippen molar-refractivity contribution in [3.05, 3.63) is 29.3 Å². The molecule has 16 heavy (non-hydrogen) atoms. The highest BCUT2D eigenvalue weighted by Crippen LogP contribution is 2.31. The number of hydrogen-bond acceptors (Lipinski definition) is 3. The summed E-state index contributed by atoms with van der Waals surface area (Å²) in [7, 11) is 1.74. The Bertz CT molecular complexity index is 392. The Morgan fingerprint density at radius 1 is 1.38 bits per heavy atom. The quantitative estimate of drug-likeness (QED) is 0.768. The van der Waals surface area contributed by atoms with Crippen molar-refractivity contribution in [2.75, 3.05) is 20.3 Å². The SMILES string of the molecule is COc1cccc2c1C[C@H]1OCCNC1C2. The molecule has 1 N–H and O–H groups in total. The number of fused-ring (bicyclic) bond motifs is 2. The largest absolute Gasteiger partial charge is 0.496 e. The number of ether oxygens (including phenoxy) is 2. The van der Waals surface area contributed by atoms with Crippen molar-refractivity contribution in [3.8, 4) is 5.75 Å². The minimum absolute atomic E-state index is 0.317. The molecule has 1 heterocycles. The van der Waals surface area contributed by atoms with Gasteiger partial charge in [0.25, 0.3) is 0 Å². The zero-order valence-corrected chi connectivity index (χ0v) is 9.53. The van der Waals surface area contributed by atoms with Crippen molar-refractivity contribution < 1.29 is 9.47 Å². The molecule has 3 nitrogen and oxygen atoms in total. The van der Waals surface area contributed by atoms with Gasteiger partial charge in [0.1, 0.15) is 5.75 Å². The Morgan fingerprint density at radius 3 is 3.19 bits per heavy atom. The van der Waals surface area contributed by atoms with Gasteiger partial charge in [0.05, 0.1) is 19.8 Å². The van der Waals surface area contributed by atoms with Gasteiger partial charge in [-0.15, -0.1) is 0 Å². The summed E-state index contributed by atoms with van der Waals surface area (Å²) in [6.45, 7) is 1.80. The van der Waals surface area contributed by atoms with Gasteiger partial charge in [-0.2, -0.15) is 0 Å². The Kier molecular flexibility index (Phi) is 2.58. The second-order valence-electron chi connectivity index (χ2n) is 4.48. The molecule has 1 saturated heterocycles. The molecule has 0 amide bonds. The average molecular weight is 219 g/mol. The van der Waals surface area contributed by atoms with Crippen LogP contribution in [0.15, 0.2) is 18.2 Å². The van der Waals surface area contributed by atoms with E-state index in [0.717, 1.165) is 31.7 Å². The van der Waals surface area contributed by atoms with Gasteiger partial charge in [0.15, 0.2) is 0 Å². The first-order valence-corrected chi connectivity index (χ1v) is 5.88. The lowest BCUT2D eigenvalue weighted by atomic mass is 9.85. The van der Waals surface area contributed by atoms with Crippen LogP contribution in [0.4, 0.5) is 0 Å². The molecule has 1 unspecified atom stereocenters. The van der Waals surface area contributed by atoms with Gasteiger partial charge in [0.2, 0.25) is 0 Å². The molecule has 3 heteroatoms. The molecule has 0 bridgehead atoms. The van der Waals surface area contributed by atoms with E-state index in [1.165, 1.54) is 11.1 Å². The van der Waals surface area contributed by atoms with Gasteiger partial charge < -0.3 is 14.8 Å². The van der Waals surface area contributed by atoms with Crippen molar-refractivity contribution in [2.24, 2.45) is 0 Å². The van der Waals surface area contributed by atoms with E-state index >= 15 is 0 Å². The lowest BCUT2D eigenvalue weighted by molar-refractivity contribution is -0.00773. The Labute approximate surface area is 95.8 Å². The zero-order valence-electron chi connectivity index (χ0n) is 9.53. The summed E-state index contributed by atoms with van der Waals surface area (Å²) in [6, 6.07) is 6.79. The lowest BCUT2D eigenvalue weighted by Gasteiger charge is -2.37. The summed E-state index contributed by atoms with van der Waals surface area (Å²) >= 11 is 0. The van der Waals surface area contributed by atoms with E-state index in [2.05, 4.69) is 17.4 Å². The van der Waals surface area contributed by atoms with Gasteiger partial charge in [0, 0.05) is 19.0 Å². The normalized spacial score (nSPS) is 28.1. The first-order valence-electron chi connectivity index (χ1n) is 5.88. The van der Waals surface area contributed by atoms with Crippen LogP contribution >= 0.6 is 0 Å². The van der Waals surface area contributed by atoms with Crippen LogP contribution in [0.3, 0.4) is 0 Å². The van der Waals surface area contributed by atoms with Crippen LogP contribution in [0.1, 0.15) is 11.1 Å². The van der Waals surface area contributed by atoms with Crippen LogP contribution in [0.25, 0.3) is 0 Å². The Hall–Kier alpha value is -1.06. The number of morpholine rings is 1. The number of nitrogens with one attached hydrogen (secondary N) is 1. The van der Waals surface area contributed by atoms with E-state index in [0.29, 0.717) is 12.1 Å². The summed E-state index contributed by atoms with van der Waals surface area (Å²) < 4.78 is 11.2. The van der Waals surface area contributed by atoms with Crippen LogP contribution < -0.4 is 10.1 Å². The van der Waals surface area contributed by atoms with Crippen molar-refractivity contribution >= 4 is 0 Å². The van der Waals surface area contributed by atoms with Gasteiger partial charge in [-0.25, -0.2) is 0 Å². The second-order valence-corrected chi connectivity index (χ2v) is 4.48. The van der Waals surface area contributed by atoms with Crippen LogP contribution in [0, 0.1) is 0 Å².